The Hall–Kier alpha value is 1.84. The molecule has 1 rings (SSSR count). The molecule has 12 heteroatoms. The molecule has 0 amide bonds. The molecule has 0 spiro atoms. The van der Waals surface area contributed by atoms with Crippen LogP contribution in [0.3, 0.4) is 0 Å². The van der Waals surface area contributed by atoms with Crippen LogP contribution in [0.5, 0.6) is 0 Å². The number of rotatable bonds is 3. The van der Waals surface area contributed by atoms with Crippen molar-refractivity contribution in [1.29, 1.82) is 0 Å². The smallest absolute Gasteiger partial charge is 0.299 e. The second kappa shape index (κ2) is 5.22. The molecule has 0 radical (unpaired) electrons. The van der Waals surface area contributed by atoms with E-state index in [-0.39, 0.29) is 6.61 Å². The summed E-state index contributed by atoms with van der Waals surface area (Å²) < 4.78 is 16.6. The van der Waals surface area contributed by atoms with Crippen molar-refractivity contribution in [3.8, 4) is 0 Å². The lowest BCUT2D eigenvalue weighted by molar-refractivity contribution is 0.407. The zero-order valence-electron chi connectivity index (χ0n) is 6.97. The molecule has 0 aliphatic carbocycles. The number of hydrogen-bond donors (Lipinski definition) is 0. The van der Waals surface area contributed by atoms with Crippen LogP contribution in [0.1, 0.15) is 0 Å². The Bertz CT molecular complexity index is 427. The molecular weight excluding hydrogens is 364 g/mol. The Morgan fingerprint density at radius 3 is 2.00 bits per heavy atom. The molecule has 1 atom stereocenters. The van der Waals surface area contributed by atoms with E-state index in [2.05, 4.69) is 20.1 Å². The maximum atomic E-state index is 5.99. The maximum Gasteiger partial charge on any atom is 0.299 e. The lowest BCUT2D eigenvalue weighted by Crippen LogP contribution is -1.83. The van der Waals surface area contributed by atoms with E-state index in [0.717, 1.165) is 0 Å². The maximum absolute atomic E-state index is 5.99. The van der Waals surface area contributed by atoms with E-state index in [1.165, 1.54) is 6.08 Å². The quantitative estimate of drug-likeness (QED) is 0.382. The van der Waals surface area contributed by atoms with Crippen LogP contribution in [-0.2, 0) is 4.52 Å². The first-order valence-electron chi connectivity index (χ1n) is 3.33. The summed E-state index contributed by atoms with van der Waals surface area (Å²) in [6, 6.07) is 0. The molecule has 0 bridgehead atoms. The normalized spacial score (nSPS) is 32.1. The van der Waals surface area contributed by atoms with Crippen LogP contribution in [0.25, 0.3) is 0 Å². The standard InChI is InChI=1S/C3H5Cl5N3OP3/c1-2-3-12-15(8)10-13(4,5)9-14(6,7)11-15/h2H,1,3H2. The van der Waals surface area contributed by atoms with Gasteiger partial charge < -0.3 is 4.52 Å². The lowest BCUT2D eigenvalue weighted by atomic mass is 10.7. The number of hydrogen-bond acceptors (Lipinski definition) is 4. The van der Waals surface area contributed by atoms with Gasteiger partial charge in [-0.25, -0.2) is 0 Å². The Morgan fingerprint density at radius 1 is 1.00 bits per heavy atom. The summed E-state index contributed by atoms with van der Waals surface area (Å²) in [5.74, 6) is -5.95. The van der Waals surface area contributed by atoms with Crippen LogP contribution in [-0.4, -0.2) is 6.61 Å². The van der Waals surface area contributed by atoms with E-state index in [4.69, 9.17) is 60.7 Å². The Labute approximate surface area is 112 Å². The van der Waals surface area contributed by atoms with Crippen LogP contribution < -0.4 is 0 Å². The van der Waals surface area contributed by atoms with Crippen molar-refractivity contribution in [2.45, 2.75) is 0 Å². The zero-order chi connectivity index (χ0) is 11.7. The van der Waals surface area contributed by atoms with Crippen molar-refractivity contribution in [3.63, 3.8) is 0 Å². The third-order valence-electron chi connectivity index (χ3n) is 1.01. The van der Waals surface area contributed by atoms with Gasteiger partial charge in [0.15, 0.2) is 0 Å². The molecule has 1 aliphatic rings. The van der Waals surface area contributed by atoms with E-state index in [1.807, 2.05) is 0 Å². The average Bonchev–Trinajstić information content (AvgIpc) is 1.93. The summed E-state index contributed by atoms with van der Waals surface area (Å²) in [7, 11) is 0. The van der Waals surface area contributed by atoms with Gasteiger partial charge in [0.25, 0.3) is 18.6 Å². The predicted octanol–water partition coefficient (Wildman–Crippen LogP) is 7.24. The molecule has 0 saturated carbocycles. The van der Waals surface area contributed by atoms with Gasteiger partial charge in [0, 0.05) is 0 Å². The molecule has 88 valence electrons. The summed E-state index contributed by atoms with van der Waals surface area (Å²) in [6.07, 6.45) is 1.49. The molecule has 1 heterocycles. The molecule has 0 aromatic rings. The predicted molar refractivity (Wildman–Crippen MR) is 73.5 cm³/mol. The highest BCUT2D eigenvalue weighted by Gasteiger charge is 2.32. The van der Waals surface area contributed by atoms with Crippen LogP contribution in [0, 0.1) is 0 Å². The summed E-state index contributed by atoms with van der Waals surface area (Å²) in [5, 5.41) is 0. The molecule has 0 saturated heterocycles. The van der Waals surface area contributed by atoms with E-state index in [1.54, 1.807) is 0 Å². The molecule has 1 aliphatic heterocycles. The van der Waals surface area contributed by atoms with E-state index < -0.39 is 18.6 Å². The van der Waals surface area contributed by atoms with E-state index in [0.29, 0.717) is 0 Å². The molecule has 4 nitrogen and oxygen atoms in total. The highest BCUT2D eigenvalue weighted by Crippen LogP contribution is 2.86. The van der Waals surface area contributed by atoms with Gasteiger partial charge in [0.2, 0.25) is 0 Å². The van der Waals surface area contributed by atoms with Gasteiger partial charge in [-0.3, -0.25) is 0 Å². The molecule has 0 aromatic heterocycles. The van der Waals surface area contributed by atoms with Gasteiger partial charge in [-0.05, 0) is 56.2 Å². The first-order chi connectivity index (χ1) is 6.68. The first-order valence-corrected chi connectivity index (χ1v) is 12.9. The molecule has 0 aromatic carbocycles. The summed E-state index contributed by atoms with van der Waals surface area (Å²) in [5.41, 5.74) is 0. The Morgan fingerprint density at radius 2 is 1.53 bits per heavy atom. The lowest BCUT2D eigenvalue weighted by Gasteiger charge is -2.20. The van der Waals surface area contributed by atoms with Crippen molar-refractivity contribution in [1.82, 2.24) is 0 Å². The van der Waals surface area contributed by atoms with Crippen LogP contribution in [0.15, 0.2) is 26.2 Å². The summed E-state index contributed by atoms with van der Waals surface area (Å²) in [6.45, 7) is 0.626. The molecular formula is C3H5Cl5N3OP3. The van der Waals surface area contributed by atoms with Gasteiger partial charge in [0.05, 0.1) is 6.61 Å². The molecule has 0 fully saturated rings. The van der Waals surface area contributed by atoms with Crippen molar-refractivity contribution >= 4 is 74.8 Å². The second-order valence-corrected chi connectivity index (χ2v) is 15.4. The van der Waals surface area contributed by atoms with Gasteiger partial charge in [-0.2, -0.15) is 13.5 Å². The van der Waals surface area contributed by atoms with Gasteiger partial charge in [-0.15, -0.1) is 6.58 Å². The molecule has 1 unspecified atom stereocenters. The van der Waals surface area contributed by atoms with Gasteiger partial charge in [0.1, 0.15) is 0 Å². The summed E-state index contributed by atoms with van der Waals surface area (Å²) in [4.78, 5) is 0. The monoisotopic (exact) mass is 367 g/mol. The molecule has 15 heavy (non-hydrogen) atoms. The Kier molecular flexibility index (Phi) is 5.19. The minimum Gasteiger partial charge on any atom is -0.312 e. The highest BCUT2D eigenvalue weighted by atomic mass is 35.9. The van der Waals surface area contributed by atoms with Crippen LogP contribution >= 0.6 is 74.8 Å². The molecule has 0 N–H and O–H groups in total. The van der Waals surface area contributed by atoms with Crippen molar-refractivity contribution in [2.24, 2.45) is 13.5 Å². The second-order valence-electron chi connectivity index (χ2n) is 2.24. The SMILES string of the molecule is C=CCOP1(Cl)=NP(Cl)(Cl)=NP(Cl)(Cl)=N1. The fourth-order valence-electron chi connectivity index (χ4n) is 0.648. The Balaban J connectivity index is 3.23. The van der Waals surface area contributed by atoms with Crippen LogP contribution in [0.2, 0.25) is 0 Å². The zero-order valence-corrected chi connectivity index (χ0v) is 13.4. The van der Waals surface area contributed by atoms with Gasteiger partial charge in [-0.1, -0.05) is 6.08 Å². The number of halogens is 5. The van der Waals surface area contributed by atoms with E-state index in [9.17, 15) is 0 Å². The fourth-order valence-corrected chi connectivity index (χ4v) is 17.2. The topological polar surface area (TPSA) is 46.3 Å². The first kappa shape index (κ1) is 14.9. The highest BCUT2D eigenvalue weighted by molar-refractivity contribution is 8.22. The minimum atomic E-state index is -2.99. The fraction of sp³-hybridized carbons (Fsp3) is 0.333. The number of nitrogens with zero attached hydrogens (tertiary/aromatic N) is 3. The van der Waals surface area contributed by atoms with Crippen molar-refractivity contribution < 1.29 is 4.52 Å². The van der Waals surface area contributed by atoms with Crippen molar-refractivity contribution in [2.75, 3.05) is 6.61 Å². The largest absolute Gasteiger partial charge is 0.312 e. The van der Waals surface area contributed by atoms with Gasteiger partial charge >= 0.3 is 0 Å². The third kappa shape index (κ3) is 4.92. The summed E-state index contributed by atoms with van der Waals surface area (Å²) >= 11 is 29.2. The van der Waals surface area contributed by atoms with Crippen molar-refractivity contribution in [3.05, 3.63) is 12.7 Å². The average molecular weight is 369 g/mol. The van der Waals surface area contributed by atoms with Crippen LogP contribution in [0.4, 0.5) is 0 Å². The third-order valence-corrected chi connectivity index (χ3v) is 13.1. The van der Waals surface area contributed by atoms with E-state index >= 15 is 0 Å². The minimum absolute atomic E-state index is 0.159.